The number of imide groups is 1. The fourth-order valence-electron chi connectivity index (χ4n) is 2.73. The zero-order chi connectivity index (χ0) is 12.0. The van der Waals surface area contributed by atoms with Gasteiger partial charge in [-0.15, -0.1) is 0 Å². The number of amides is 3. The molecule has 2 atom stereocenters. The molecule has 0 aromatic heterocycles. The van der Waals surface area contributed by atoms with Gasteiger partial charge in [0.25, 0.3) is 0 Å². The maximum atomic E-state index is 12.1. The van der Waals surface area contributed by atoms with Crippen LogP contribution in [0.1, 0.15) is 19.3 Å². The fraction of sp³-hybridized carbons (Fsp3) is 0.727. The van der Waals surface area contributed by atoms with Gasteiger partial charge < -0.3 is 4.90 Å². The average Bonchev–Trinajstić information content (AvgIpc) is 2.99. The third-order valence-electron chi connectivity index (χ3n) is 3.67. The summed E-state index contributed by atoms with van der Waals surface area (Å²) in [5.74, 6) is 0.517. The molecule has 3 aliphatic heterocycles. The van der Waals surface area contributed by atoms with Crippen molar-refractivity contribution in [3.63, 3.8) is 0 Å². The van der Waals surface area contributed by atoms with Crippen molar-refractivity contribution in [3.8, 4) is 0 Å². The first-order chi connectivity index (χ1) is 8.15. The summed E-state index contributed by atoms with van der Waals surface area (Å²) in [4.78, 5) is 37.9. The molecule has 3 fully saturated rings. The van der Waals surface area contributed by atoms with Crippen molar-refractivity contribution in [3.05, 3.63) is 0 Å². The minimum atomic E-state index is -0.206. The molecule has 0 spiro atoms. The number of fused-ring (bicyclic) bond motifs is 2. The van der Waals surface area contributed by atoms with Crippen LogP contribution in [0.15, 0.2) is 0 Å². The number of likely N-dealkylation sites (tertiary alicyclic amines) is 2. The van der Waals surface area contributed by atoms with Crippen LogP contribution in [-0.4, -0.2) is 57.7 Å². The molecular weight excluding hydrogens is 240 g/mol. The first-order valence-electron chi connectivity index (χ1n) is 5.89. The van der Waals surface area contributed by atoms with Gasteiger partial charge in [-0.05, 0) is 6.42 Å². The molecule has 6 heteroatoms. The van der Waals surface area contributed by atoms with Crippen LogP contribution < -0.4 is 0 Å². The number of nitrogens with zero attached hydrogens (tertiary/aromatic N) is 2. The number of hydrogen-bond acceptors (Lipinski definition) is 4. The van der Waals surface area contributed by atoms with Crippen molar-refractivity contribution in [2.45, 2.75) is 30.6 Å². The highest BCUT2D eigenvalue weighted by atomic mass is 32.2. The molecule has 2 unspecified atom stereocenters. The summed E-state index contributed by atoms with van der Waals surface area (Å²) in [5.41, 5.74) is 0. The largest absolute Gasteiger partial charge is 0.336 e. The summed E-state index contributed by atoms with van der Waals surface area (Å²) in [6.07, 6.45) is 1.58. The second kappa shape index (κ2) is 4.01. The number of carbonyl (C=O) groups is 3. The van der Waals surface area contributed by atoms with Crippen molar-refractivity contribution in [1.29, 1.82) is 0 Å². The lowest BCUT2D eigenvalue weighted by Gasteiger charge is -2.28. The fourth-order valence-corrected chi connectivity index (χ4v) is 4.16. The molecule has 0 aromatic rings. The monoisotopic (exact) mass is 254 g/mol. The lowest BCUT2D eigenvalue weighted by atomic mass is 10.2. The molecular formula is C11H14N2O3S. The van der Waals surface area contributed by atoms with E-state index >= 15 is 0 Å². The summed E-state index contributed by atoms with van der Waals surface area (Å²) in [7, 11) is 0. The van der Waals surface area contributed by atoms with Gasteiger partial charge >= 0.3 is 0 Å². The highest BCUT2D eigenvalue weighted by Gasteiger charge is 2.42. The molecule has 3 rings (SSSR count). The quantitative estimate of drug-likeness (QED) is 0.643. The summed E-state index contributed by atoms with van der Waals surface area (Å²) in [6.45, 7) is 0.732. The Kier molecular flexibility index (Phi) is 2.61. The Morgan fingerprint density at radius 3 is 2.53 bits per heavy atom. The first-order valence-corrected chi connectivity index (χ1v) is 6.94. The molecule has 0 saturated carbocycles. The van der Waals surface area contributed by atoms with Crippen LogP contribution >= 0.6 is 11.8 Å². The third-order valence-corrected chi connectivity index (χ3v) is 5.06. The van der Waals surface area contributed by atoms with Crippen LogP contribution in [0.5, 0.6) is 0 Å². The van der Waals surface area contributed by atoms with E-state index in [2.05, 4.69) is 0 Å². The van der Waals surface area contributed by atoms with E-state index in [0.29, 0.717) is 11.3 Å². The number of thioether (sulfide) groups is 1. The van der Waals surface area contributed by atoms with Crippen LogP contribution in [0.4, 0.5) is 0 Å². The highest BCUT2D eigenvalue weighted by Crippen LogP contribution is 2.37. The zero-order valence-electron chi connectivity index (χ0n) is 9.42. The summed E-state index contributed by atoms with van der Waals surface area (Å²) in [6, 6.07) is 0.324. The van der Waals surface area contributed by atoms with E-state index in [1.54, 1.807) is 0 Å². The Hall–Kier alpha value is -1.04. The van der Waals surface area contributed by atoms with Crippen LogP contribution in [-0.2, 0) is 14.4 Å². The maximum Gasteiger partial charge on any atom is 0.243 e. The summed E-state index contributed by atoms with van der Waals surface area (Å²) in [5, 5.41) is 0.564. The molecule has 3 heterocycles. The second-order valence-electron chi connectivity index (χ2n) is 4.76. The molecule has 0 aromatic carbocycles. The lowest BCUT2D eigenvalue weighted by Crippen LogP contribution is -2.46. The predicted octanol–water partition coefficient (Wildman–Crippen LogP) is -0.148. The lowest BCUT2D eigenvalue weighted by molar-refractivity contribution is -0.145. The maximum absolute atomic E-state index is 12.1. The molecule has 17 heavy (non-hydrogen) atoms. The standard InChI is InChI=1S/C11H14N2O3S/c14-9-1-2-10(15)13(9)5-11(16)12-4-8-3-7(12)6-17-8/h7-8H,1-6H2. The van der Waals surface area contributed by atoms with Crippen molar-refractivity contribution in [1.82, 2.24) is 9.80 Å². The Bertz CT molecular complexity index is 382. The van der Waals surface area contributed by atoms with E-state index in [1.165, 1.54) is 0 Å². The Morgan fingerprint density at radius 1 is 1.29 bits per heavy atom. The molecule has 5 nitrogen and oxygen atoms in total. The third kappa shape index (κ3) is 1.84. The normalized spacial score (nSPS) is 31.8. The van der Waals surface area contributed by atoms with Gasteiger partial charge in [0.2, 0.25) is 17.7 Å². The Morgan fingerprint density at radius 2 is 2.00 bits per heavy atom. The van der Waals surface area contributed by atoms with Gasteiger partial charge in [0.15, 0.2) is 0 Å². The molecule has 0 aliphatic carbocycles. The molecule has 3 saturated heterocycles. The van der Waals surface area contributed by atoms with Gasteiger partial charge in [-0.2, -0.15) is 11.8 Å². The van der Waals surface area contributed by atoms with Crippen LogP contribution in [0.25, 0.3) is 0 Å². The van der Waals surface area contributed by atoms with Gasteiger partial charge in [-0.1, -0.05) is 0 Å². The first kappa shape index (κ1) is 11.1. The minimum Gasteiger partial charge on any atom is -0.336 e. The second-order valence-corrected chi connectivity index (χ2v) is 6.10. The highest BCUT2D eigenvalue weighted by molar-refractivity contribution is 8.00. The van der Waals surface area contributed by atoms with Gasteiger partial charge in [0.05, 0.1) is 0 Å². The predicted molar refractivity (Wildman–Crippen MR) is 62.3 cm³/mol. The van der Waals surface area contributed by atoms with Crippen LogP contribution in [0.2, 0.25) is 0 Å². The smallest absolute Gasteiger partial charge is 0.243 e. The van der Waals surface area contributed by atoms with Gasteiger partial charge in [-0.25, -0.2) is 0 Å². The molecule has 2 bridgehead atoms. The molecule has 92 valence electrons. The zero-order valence-corrected chi connectivity index (χ0v) is 10.2. The minimum absolute atomic E-state index is 0.0500. The van der Waals surface area contributed by atoms with Crippen molar-refractivity contribution < 1.29 is 14.4 Å². The number of carbonyl (C=O) groups excluding carboxylic acids is 3. The van der Waals surface area contributed by atoms with Gasteiger partial charge in [0, 0.05) is 36.4 Å². The molecule has 0 N–H and O–H groups in total. The van der Waals surface area contributed by atoms with E-state index in [4.69, 9.17) is 0 Å². The van der Waals surface area contributed by atoms with Crippen LogP contribution in [0, 0.1) is 0 Å². The van der Waals surface area contributed by atoms with E-state index in [1.807, 2.05) is 16.7 Å². The van der Waals surface area contributed by atoms with E-state index in [9.17, 15) is 14.4 Å². The summed E-state index contributed by atoms with van der Waals surface area (Å²) < 4.78 is 0. The SMILES string of the molecule is O=C1CCC(=O)N1CC(=O)N1CC2CC1CS2. The van der Waals surface area contributed by atoms with Crippen molar-refractivity contribution in [2.24, 2.45) is 0 Å². The van der Waals surface area contributed by atoms with Crippen LogP contribution in [0.3, 0.4) is 0 Å². The molecule has 0 radical (unpaired) electrons. The van der Waals surface area contributed by atoms with Gasteiger partial charge in [-0.3, -0.25) is 19.3 Å². The number of hydrogen-bond donors (Lipinski definition) is 0. The number of rotatable bonds is 2. The van der Waals surface area contributed by atoms with Crippen molar-refractivity contribution >= 4 is 29.5 Å². The molecule has 3 aliphatic rings. The topological polar surface area (TPSA) is 57.7 Å². The summed E-state index contributed by atoms with van der Waals surface area (Å²) >= 11 is 1.92. The van der Waals surface area contributed by atoms with E-state index < -0.39 is 0 Å². The Balaban J connectivity index is 1.64. The van der Waals surface area contributed by atoms with E-state index in [0.717, 1.165) is 23.6 Å². The van der Waals surface area contributed by atoms with Gasteiger partial charge in [0.1, 0.15) is 6.54 Å². The molecule has 3 amide bonds. The average molecular weight is 254 g/mol. The Labute approximate surface area is 103 Å². The van der Waals surface area contributed by atoms with E-state index in [-0.39, 0.29) is 37.1 Å². The van der Waals surface area contributed by atoms with Crippen molar-refractivity contribution in [2.75, 3.05) is 18.8 Å².